The minimum atomic E-state index is -0.329. The highest BCUT2D eigenvalue weighted by molar-refractivity contribution is 6.02. The minimum absolute atomic E-state index is 0.199. The van der Waals surface area contributed by atoms with Gasteiger partial charge in [0.05, 0.1) is 11.9 Å². The van der Waals surface area contributed by atoms with E-state index >= 15 is 0 Å². The number of hydrogen-bond donors (Lipinski definition) is 2. The summed E-state index contributed by atoms with van der Waals surface area (Å²) in [6.45, 7) is 1.60. The lowest BCUT2D eigenvalue weighted by Gasteiger charge is -2.05. The predicted molar refractivity (Wildman–Crippen MR) is 75.1 cm³/mol. The van der Waals surface area contributed by atoms with E-state index in [1.165, 1.54) is 12.4 Å². The van der Waals surface area contributed by atoms with E-state index in [4.69, 9.17) is 5.11 Å². The van der Waals surface area contributed by atoms with Gasteiger partial charge in [-0.1, -0.05) is 17.9 Å². The summed E-state index contributed by atoms with van der Waals surface area (Å²) in [4.78, 5) is 20.0. The number of hydrogen-bond acceptors (Lipinski definition) is 4. The Bertz CT molecular complexity index is 670. The molecule has 0 saturated heterocycles. The van der Waals surface area contributed by atoms with E-state index in [2.05, 4.69) is 27.1 Å². The summed E-state index contributed by atoms with van der Waals surface area (Å²) in [7, 11) is 0. The molecule has 0 aliphatic rings. The number of aryl methyl sites for hydroxylation is 1. The SMILES string of the molecule is Cc1cnc(C(=O)Nc2cccc(C#CCO)c2)cn1. The van der Waals surface area contributed by atoms with Crippen LogP contribution in [0.25, 0.3) is 0 Å². The second-order valence-corrected chi connectivity index (χ2v) is 4.04. The zero-order chi connectivity index (χ0) is 14.4. The number of aromatic nitrogens is 2. The first-order chi connectivity index (χ1) is 9.69. The number of aliphatic hydroxyl groups excluding tert-OH is 1. The molecule has 2 aromatic rings. The third kappa shape index (κ3) is 3.64. The summed E-state index contributed by atoms with van der Waals surface area (Å²) in [6.07, 6.45) is 2.97. The lowest BCUT2D eigenvalue weighted by atomic mass is 10.2. The molecule has 1 amide bonds. The molecule has 1 aromatic carbocycles. The lowest BCUT2D eigenvalue weighted by molar-refractivity contribution is 0.102. The molecule has 0 saturated carbocycles. The van der Waals surface area contributed by atoms with Gasteiger partial charge in [-0.2, -0.15) is 0 Å². The van der Waals surface area contributed by atoms with Crippen molar-refractivity contribution < 1.29 is 9.90 Å². The van der Waals surface area contributed by atoms with Crippen molar-refractivity contribution in [1.82, 2.24) is 9.97 Å². The van der Waals surface area contributed by atoms with Crippen molar-refractivity contribution in [2.24, 2.45) is 0 Å². The molecular weight excluding hydrogens is 254 g/mol. The molecule has 0 unspecified atom stereocenters. The fourth-order valence-corrected chi connectivity index (χ4v) is 1.52. The average molecular weight is 267 g/mol. The van der Waals surface area contributed by atoms with Crippen molar-refractivity contribution in [3.8, 4) is 11.8 Å². The van der Waals surface area contributed by atoms with Gasteiger partial charge in [-0.05, 0) is 25.1 Å². The number of anilines is 1. The number of carbonyl (C=O) groups excluding carboxylic acids is 1. The fourth-order valence-electron chi connectivity index (χ4n) is 1.52. The minimum Gasteiger partial charge on any atom is -0.384 e. The summed E-state index contributed by atoms with van der Waals surface area (Å²) in [5.41, 5.74) is 2.33. The molecule has 0 atom stereocenters. The molecule has 100 valence electrons. The number of nitrogens with zero attached hydrogens (tertiary/aromatic N) is 2. The molecule has 2 rings (SSSR count). The molecule has 0 radical (unpaired) electrons. The maximum Gasteiger partial charge on any atom is 0.275 e. The molecular formula is C15H13N3O2. The summed E-state index contributed by atoms with van der Waals surface area (Å²) >= 11 is 0. The maximum atomic E-state index is 12.0. The molecule has 5 nitrogen and oxygen atoms in total. The van der Waals surface area contributed by atoms with E-state index in [9.17, 15) is 4.79 Å². The Labute approximate surface area is 116 Å². The van der Waals surface area contributed by atoms with Crippen molar-refractivity contribution in [3.05, 3.63) is 53.6 Å². The smallest absolute Gasteiger partial charge is 0.275 e. The molecule has 1 heterocycles. The van der Waals surface area contributed by atoms with Gasteiger partial charge in [-0.15, -0.1) is 0 Å². The Balaban J connectivity index is 2.13. The Morgan fingerprint density at radius 2 is 2.20 bits per heavy atom. The number of amides is 1. The number of aliphatic hydroxyl groups is 1. The van der Waals surface area contributed by atoms with Gasteiger partial charge in [0.15, 0.2) is 0 Å². The van der Waals surface area contributed by atoms with Gasteiger partial charge in [0.2, 0.25) is 0 Å². The van der Waals surface area contributed by atoms with Crippen LogP contribution in [0.3, 0.4) is 0 Å². The molecule has 0 fully saturated rings. The Morgan fingerprint density at radius 1 is 1.35 bits per heavy atom. The summed E-state index contributed by atoms with van der Waals surface area (Å²) in [5, 5.41) is 11.4. The highest BCUT2D eigenvalue weighted by atomic mass is 16.2. The Morgan fingerprint density at radius 3 is 2.90 bits per heavy atom. The molecule has 5 heteroatoms. The van der Waals surface area contributed by atoms with Gasteiger partial charge in [-0.25, -0.2) is 4.98 Å². The van der Waals surface area contributed by atoms with Crippen LogP contribution in [-0.2, 0) is 0 Å². The lowest BCUT2D eigenvalue weighted by Crippen LogP contribution is -2.14. The van der Waals surface area contributed by atoms with Crippen molar-refractivity contribution in [2.45, 2.75) is 6.92 Å². The zero-order valence-corrected chi connectivity index (χ0v) is 10.9. The molecule has 0 bridgehead atoms. The van der Waals surface area contributed by atoms with Crippen LogP contribution in [0, 0.1) is 18.8 Å². The molecule has 0 aliphatic carbocycles. The van der Waals surface area contributed by atoms with Crippen molar-refractivity contribution in [2.75, 3.05) is 11.9 Å². The van der Waals surface area contributed by atoms with E-state index in [0.29, 0.717) is 11.3 Å². The van der Waals surface area contributed by atoms with E-state index in [1.54, 1.807) is 31.2 Å². The van der Waals surface area contributed by atoms with Crippen LogP contribution < -0.4 is 5.32 Å². The second kappa shape index (κ2) is 6.45. The van der Waals surface area contributed by atoms with Gasteiger partial charge in [0.25, 0.3) is 5.91 Å². The van der Waals surface area contributed by atoms with Gasteiger partial charge < -0.3 is 10.4 Å². The Hall–Kier alpha value is -2.71. The number of nitrogens with one attached hydrogen (secondary N) is 1. The van der Waals surface area contributed by atoms with Gasteiger partial charge in [-0.3, -0.25) is 9.78 Å². The monoisotopic (exact) mass is 267 g/mol. The van der Waals surface area contributed by atoms with Crippen LogP contribution in [0.4, 0.5) is 5.69 Å². The van der Waals surface area contributed by atoms with Crippen molar-refractivity contribution in [3.63, 3.8) is 0 Å². The van der Waals surface area contributed by atoms with Crippen molar-refractivity contribution in [1.29, 1.82) is 0 Å². The van der Waals surface area contributed by atoms with E-state index in [1.807, 2.05) is 0 Å². The van der Waals surface area contributed by atoms with Gasteiger partial charge in [0, 0.05) is 17.4 Å². The quantitative estimate of drug-likeness (QED) is 0.806. The molecule has 2 N–H and O–H groups in total. The van der Waals surface area contributed by atoms with E-state index < -0.39 is 0 Å². The number of benzene rings is 1. The molecule has 20 heavy (non-hydrogen) atoms. The highest BCUT2D eigenvalue weighted by Gasteiger charge is 2.07. The molecule has 0 aliphatic heterocycles. The fraction of sp³-hybridized carbons (Fsp3) is 0.133. The van der Waals surface area contributed by atoms with Crippen LogP contribution in [0.1, 0.15) is 21.7 Å². The first kappa shape index (κ1) is 13.7. The first-order valence-corrected chi connectivity index (χ1v) is 5.99. The summed E-state index contributed by atoms with van der Waals surface area (Å²) in [6, 6.07) is 7.05. The third-order valence-electron chi connectivity index (χ3n) is 2.45. The van der Waals surface area contributed by atoms with Gasteiger partial charge >= 0.3 is 0 Å². The van der Waals surface area contributed by atoms with Crippen LogP contribution in [0.15, 0.2) is 36.7 Å². The Kier molecular flexibility index (Phi) is 4.43. The second-order valence-electron chi connectivity index (χ2n) is 4.04. The maximum absolute atomic E-state index is 12.0. The summed E-state index contributed by atoms with van der Waals surface area (Å²) in [5.74, 6) is 5.00. The first-order valence-electron chi connectivity index (χ1n) is 5.99. The normalized spacial score (nSPS) is 9.50. The number of carbonyl (C=O) groups is 1. The van der Waals surface area contributed by atoms with Crippen LogP contribution in [-0.4, -0.2) is 27.6 Å². The van der Waals surface area contributed by atoms with Crippen LogP contribution >= 0.6 is 0 Å². The number of rotatable bonds is 2. The highest BCUT2D eigenvalue weighted by Crippen LogP contribution is 2.11. The predicted octanol–water partition coefficient (Wildman–Crippen LogP) is 1.38. The topological polar surface area (TPSA) is 75.1 Å². The largest absolute Gasteiger partial charge is 0.384 e. The van der Waals surface area contributed by atoms with E-state index in [0.717, 1.165) is 5.69 Å². The summed E-state index contributed by atoms with van der Waals surface area (Å²) < 4.78 is 0. The molecule has 1 aromatic heterocycles. The van der Waals surface area contributed by atoms with Crippen molar-refractivity contribution >= 4 is 11.6 Å². The van der Waals surface area contributed by atoms with Crippen LogP contribution in [0.2, 0.25) is 0 Å². The van der Waals surface area contributed by atoms with Crippen LogP contribution in [0.5, 0.6) is 0 Å². The standard InChI is InChI=1S/C15H13N3O2/c1-11-9-17-14(10-16-11)15(20)18-13-6-2-4-12(8-13)5-3-7-19/h2,4,6,8-10,19H,7H2,1H3,(H,18,20). The average Bonchev–Trinajstić information content (AvgIpc) is 2.46. The molecule has 0 spiro atoms. The third-order valence-corrected chi connectivity index (χ3v) is 2.45. The zero-order valence-electron chi connectivity index (χ0n) is 10.9. The van der Waals surface area contributed by atoms with E-state index in [-0.39, 0.29) is 18.2 Å². The van der Waals surface area contributed by atoms with Gasteiger partial charge in [0.1, 0.15) is 12.3 Å².